The van der Waals surface area contributed by atoms with E-state index in [9.17, 15) is 22.7 Å². The molecular formula is C30H28FN5O6S. The molecule has 11 nitrogen and oxygen atoms in total. The van der Waals surface area contributed by atoms with Crippen molar-refractivity contribution in [1.29, 1.82) is 0 Å². The topological polar surface area (TPSA) is 152 Å². The molecule has 13 heteroatoms. The number of phenols is 1. The lowest BCUT2D eigenvalue weighted by Crippen LogP contribution is -2.17. The van der Waals surface area contributed by atoms with Gasteiger partial charge in [0.2, 0.25) is 0 Å². The number of aromatic nitrogens is 2. The number of fused-ring (bicyclic) bond motifs is 1. The highest BCUT2D eigenvalue weighted by Gasteiger charge is 2.21. The largest absolute Gasteiger partial charge is 0.507 e. The minimum absolute atomic E-state index is 0. The normalized spacial score (nSPS) is 10.9. The molecule has 43 heavy (non-hydrogen) atoms. The van der Waals surface area contributed by atoms with Gasteiger partial charge in [0.05, 0.1) is 35.7 Å². The van der Waals surface area contributed by atoms with Gasteiger partial charge in [0.1, 0.15) is 23.1 Å². The van der Waals surface area contributed by atoms with Crippen LogP contribution < -0.4 is 24.8 Å². The summed E-state index contributed by atoms with van der Waals surface area (Å²) in [6, 6.07) is 20.3. The Balaban J connectivity index is 0.00000423. The highest BCUT2D eigenvalue weighted by atomic mass is 32.2. The summed E-state index contributed by atoms with van der Waals surface area (Å²) in [6.07, 6.45) is 0. The van der Waals surface area contributed by atoms with Crippen molar-refractivity contribution in [1.82, 2.24) is 9.97 Å². The Kier molecular flexibility index (Phi) is 8.95. The number of halogens is 1. The second-order valence-corrected chi connectivity index (χ2v) is 10.6. The summed E-state index contributed by atoms with van der Waals surface area (Å²) in [5.41, 5.74) is 1.25. The standard InChI is InChI=1S/C29H24FN5O6S.CH4/c1-40-20-13-19(14-21(16-20)41-2)31-27-28(34-25-9-4-3-8-24(25)33-27)35-42(38,39)22-7-5-6-18(15-22)32-29(37)23-12-17(30)10-11-26(23)36;/h3-16,36H,1-2H3,(H,31,33)(H,32,37)(H,34,35);1H4. The maximum Gasteiger partial charge on any atom is 0.263 e. The lowest BCUT2D eigenvalue weighted by molar-refractivity contribution is 0.102. The van der Waals surface area contributed by atoms with Gasteiger partial charge in [-0.3, -0.25) is 9.52 Å². The molecule has 1 aromatic heterocycles. The van der Waals surface area contributed by atoms with Gasteiger partial charge in [-0.05, 0) is 48.5 Å². The molecule has 5 rings (SSSR count). The Hall–Kier alpha value is -5.43. The van der Waals surface area contributed by atoms with Crippen molar-refractivity contribution in [2.24, 2.45) is 0 Å². The van der Waals surface area contributed by atoms with Crippen LogP contribution in [0.5, 0.6) is 17.2 Å². The molecule has 222 valence electrons. The van der Waals surface area contributed by atoms with Gasteiger partial charge < -0.3 is 25.2 Å². The van der Waals surface area contributed by atoms with E-state index < -0.39 is 27.5 Å². The van der Waals surface area contributed by atoms with Crippen molar-refractivity contribution in [2.75, 3.05) is 29.6 Å². The number of amides is 1. The zero-order chi connectivity index (χ0) is 29.9. The molecule has 0 spiro atoms. The molecule has 0 fully saturated rings. The number of carbonyl (C=O) groups is 1. The average molecular weight is 606 g/mol. The van der Waals surface area contributed by atoms with Gasteiger partial charge in [-0.25, -0.2) is 22.8 Å². The van der Waals surface area contributed by atoms with Gasteiger partial charge in [-0.15, -0.1) is 0 Å². The molecule has 0 saturated carbocycles. The number of aromatic hydroxyl groups is 1. The zero-order valence-corrected chi connectivity index (χ0v) is 23.1. The highest BCUT2D eigenvalue weighted by molar-refractivity contribution is 7.92. The SMILES string of the molecule is C.COc1cc(Nc2nc3ccccc3nc2NS(=O)(=O)c2cccc(NC(=O)c3cc(F)ccc3O)c2)cc(OC)c1. The molecule has 4 N–H and O–H groups in total. The van der Waals surface area contributed by atoms with Crippen LogP contribution in [0.15, 0.2) is 89.8 Å². The summed E-state index contributed by atoms with van der Waals surface area (Å²) < 4.78 is 53.7. The van der Waals surface area contributed by atoms with Crippen molar-refractivity contribution in [3.8, 4) is 17.2 Å². The number of hydrogen-bond donors (Lipinski definition) is 4. The summed E-state index contributed by atoms with van der Waals surface area (Å²) in [5, 5.41) is 15.5. The fraction of sp³-hybridized carbons (Fsp3) is 0.100. The third-order valence-electron chi connectivity index (χ3n) is 6.02. The second kappa shape index (κ2) is 12.6. The molecule has 0 aliphatic rings. The summed E-state index contributed by atoms with van der Waals surface area (Å²) in [7, 11) is -1.25. The lowest BCUT2D eigenvalue weighted by atomic mass is 10.1. The number of carbonyl (C=O) groups excluding carboxylic acids is 1. The molecule has 0 atom stereocenters. The molecule has 4 aromatic carbocycles. The number of anilines is 4. The van der Waals surface area contributed by atoms with Gasteiger partial charge in [-0.1, -0.05) is 25.6 Å². The number of nitrogens with zero attached hydrogens (tertiary/aromatic N) is 2. The quantitative estimate of drug-likeness (QED) is 0.160. The average Bonchev–Trinajstić information content (AvgIpc) is 2.98. The fourth-order valence-corrected chi connectivity index (χ4v) is 5.05. The lowest BCUT2D eigenvalue weighted by Gasteiger charge is -2.15. The zero-order valence-electron chi connectivity index (χ0n) is 22.3. The Labute approximate surface area is 247 Å². The van der Waals surface area contributed by atoms with Gasteiger partial charge in [0, 0.05) is 29.6 Å². The predicted octanol–water partition coefficient (Wildman–Crippen LogP) is 5.92. The smallest absolute Gasteiger partial charge is 0.263 e. The minimum Gasteiger partial charge on any atom is -0.507 e. The highest BCUT2D eigenvalue weighted by Crippen LogP contribution is 2.32. The van der Waals surface area contributed by atoms with E-state index in [4.69, 9.17) is 9.47 Å². The predicted molar refractivity (Wildman–Crippen MR) is 162 cm³/mol. The first-order valence-corrected chi connectivity index (χ1v) is 13.8. The van der Waals surface area contributed by atoms with Gasteiger partial charge in [0.15, 0.2) is 11.6 Å². The third-order valence-corrected chi connectivity index (χ3v) is 7.36. The van der Waals surface area contributed by atoms with E-state index in [1.165, 1.54) is 38.5 Å². The fourth-order valence-electron chi connectivity index (χ4n) is 3.99. The number of ether oxygens (including phenoxy) is 2. The monoisotopic (exact) mass is 605 g/mol. The van der Waals surface area contributed by atoms with Gasteiger partial charge in [0.25, 0.3) is 15.9 Å². The number of benzene rings is 4. The first-order valence-electron chi connectivity index (χ1n) is 12.3. The van der Waals surface area contributed by atoms with E-state index >= 15 is 0 Å². The summed E-state index contributed by atoms with van der Waals surface area (Å²) >= 11 is 0. The van der Waals surface area contributed by atoms with Gasteiger partial charge >= 0.3 is 0 Å². The molecule has 0 saturated heterocycles. The van der Waals surface area contributed by atoms with Crippen molar-refractivity contribution in [3.05, 3.63) is 96.3 Å². The van der Waals surface area contributed by atoms with Crippen LogP contribution in [0.1, 0.15) is 17.8 Å². The molecule has 1 amide bonds. The van der Waals surface area contributed by atoms with Crippen LogP contribution in [-0.2, 0) is 10.0 Å². The summed E-state index contributed by atoms with van der Waals surface area (Å²) in [5.74, 6) is -0.950. The second-order valence-electron chi connectivity index (χ2n) is 8.88. The van der Waals surface area contributed by atoms with Crippen LogP contribution in [0.25, 0.3) is 11.0 Å². The number of hydrogen-bond acceptors (Lipinski definition) is 9. The molecule has 5 aromatic rings. The number of rotatable bonds is 9. The van der Waals surface area contributed by atoms with Crippen molar-refractivity contribution < 1.29 is 32.2 Å². The first kappa shape index (κ1) is 30.5. The summed E-state index contributed by atoms with van der Waals surface area (Å²) in [4.78, 5) is 21.5. The van der Waals surface area contributed by atoms with Crippen LogP contribution >= 0.6 is 0 Å². The van der Waals surface area contributed by atoms with E-state index in [1.807, 2.05) is 0 Å². The maximum atomic E-state index is 13.6. The number of phenolic OH excluding ortho intramolecular Hbond substituents is 1. The minimum atomic E-state index is -4.26. The van der Waals surface area contributed by atoms with E-state index in [0.29, 0.717) is 28.2 Å². The van der Waals surface area contributed by atoms with E-state index in [1.54, 1.807) is 42.5 Å². The number of nitrogens with one attached hydrogen (secondary N) is 3. The molecule has 0 bridgehead atoms. The molecule has 0 aliphatic carbocycles. The molecule has 1 heterocycles. The van der Waals surface area contributed by atoms with Crippen LogP contribution in [0.3, 0.4) is 0 Å². The Morgan fingerprint density at radius 1 is 0.814 bits per heavy atom. The Morgan fingerprint density at radius 3 is 2.12 bits per heavy atom. The van der Waals surface area contributed by atoms with Crippen molar-refractivity contribution in [2.45, 2.75) is 12.3 Å². The Bertz CT molecular complexity index is 1900. The molecular weight excluding hydrogens is 577 g/mol. The molecule has 0 aliphatic heterocycles. The number of sulfonamides is 1. The van der Waals surface area contributed by atoms with Crippen LogP contribution in [-0.4, -0.2) is 43.6 Å². The molecule has 0 radical (unpaired) electrons. The first-order chi connectivity index (χ1) is 20.1. The van der Waals surface area contributed by atoms with E-state index in [-0.39, 0.29) is 35.2 Å². The van der Waals surface area contributed by atoms with Crippen LogP contribution in [0.2, 0.25) is 0 Å². The van der Waals surface area contributed by atoms with Crippen LogP contribution in [0.4, 0.5) is 27.4 Å². The van der Waals surface area contributed by atoms with E-state index in [0.717, 1.165) is 18.2 Å². The maximum absolute atomic E-state index is 13.6. The van der Waals surface area contributed by atoms with Crippen LogP contribution in [0, 0.1) is 5.82 Å². The van der Waals surface area contributed by atoms with E-state index in [2.05, 4.69) is 25.3 Å². The third kappa shape index (κ3) is 6.90. The number of para-hydroxylation sites is 2. The van der Waals surface area contributed by atoms with Gasteiger partial charge in [-0.2, -0.15) is 0 Å². The van der Waals surface area contributed by atoms with Crippen molar-refractivity contribution >= 4 is 50.0 Å². The summed E-state index contributed by atoms with van der Waals surface area (Å²) in [6.45, 7) is 0. The molecule has 0 unspecified atom stereocenters. The number of methoxy groups -OCH3 is 2. The van der Waals surface area contributed by atoms with Crippen molar-refractivity contribution in [3.63, 3.8) is 0 Å². The Morgan fingerprint density at radius 2 is 1.47 bits per heavy atom.